The van der Waals surface area contributed by atoms with E-state index >= 15 is 0 Å². The van der Waals surface area contributed by atoms with Crippen LogP contribution < -0.4 is 10.6 Å². The molecule has 1 aliphatic carbocycles. The highest BCUT2D eigenvalue weighted by Gasteiger charge is 2.14. The second kappa shape index (κ2) is 5.52. The van der Waals surface area contributed by atoms with Crippen LogP contribution in [0.3, 0.4) is 0 Å². The SMILES string of the molecule is C1=CCC(CNCC2CCCN2)CC1. The van der Waals surface area contributed by atoms with Crippen molar-refractivity contribution in [1.82, 2.24) is 10.6 Å². The molecule has 2 unspecified atom stereocenters. The van der Waals surface area contributed by atoms with Crippen LogP contribution in [0.25, 0.3) is 0 Å². The molecule has 14 heavy (non-hydrogen) atoms. The first kappa shape index (κ1) is 10.2. The summed E-state index contributed by atoms with van der Waals surface area (Å²) in [6.45, 7) is 3.60. The minimum absolute atomic E-state index is 0.745. The zero-order valence-electron chi connectivity index (χ0n) is 8.97. The van der Waals surface area contributed by atoms with Gasteiger partial charge in [0.15, 0.2) is 0 Å². The predicted octanol–water partition coefficient (Wildman–Crippen LogP) is 1.68. The van der Waals surface area contributed by atoms with Crippen LogP contribution in [0.1, 0.15) is 32.1 Å². The van der Waals surface area contributed by atoms with E-state index in [1.54, 1.807) is 0 Å². The molecule has 0 aromatic heterocycles. The van der Waals surface area contributed by atoms with Crippen molar-refractivity contribution in [2.45, 2.75) is 38.1 Å². The van der Waals surface area contributed by atoms with Crippen LogP contribution in [0.5, 0.6) is 0 Å². The summed E-state index contributed by atoms with van der Waals surface area (Å²) in [6.07, 6.45) is 11.3. The molecule has 2 heteroatoms. The normalized spacial score (nSPS) is 32.3. The molecular formula is C12H22N2. The topological polar surface area (TPSA) is 24.1 Å². The highest BCUT2D eigenvalue weighted by atomic mass is 15.0. The highest BCUT2D eigenvalue weighted by molar-refractivity contribution is 4.90. The van der Waals surface area contributed by atoms with Crippen LogP contribution in [-0.2, 0) is 0 Å². The third-order valence-corrected chi connectivity index (χ3v) is 3.36. The summed E-state index contributed by atoms with van der Waals surface area (Å²) in [7, 11) is 0. The summed E-state index contributed by atoms with van der Waals surface area (Å²) < 4.78 is 0. The van der Waals surface area contributed by atoms with Gasteiger partial charge in [-0.25, -0.2) is 0 Å². The van der Waals surface area contributed by atoms with E-state index < -0.39 is 0 Å². The average molecular weight is 194 g/mol. The van der Waals surface area contributed by atoms with Crippen molar-refractivity contribution >= 4 is 0 Å². The molecule has 2 atom stereocenters. The van der Waals surface area contributed by atoms with Gasteiger partial charge < -0.3 is 10.6 Å². The Bertz CT molecular complexity index is 183. The summed E-state index contributed by atoms with van der Waals surface area (Å²) in [6, 6.07) is 0.745. The maximum Gasteiger partial charge on any atom is 0.0192 e. The van der Waals surface area contributed by atoms with E-state index in [1.807, 2.05) is 0 Å². The molecule has 2 nitrogen and oxygen atoms in total. The first-order valence-corrected chi connectivity index (χ1v) is 6.04. The summed E-state index contributed by atoms with van der Waals surface area (Å²) in [4.78, 5) is 0. The zero-order valence-corrected chi connectivity index (χ0v) is 8.97. The molecule has 0 amide bonds. The fraction of sp³-hybridized carbons (Fsp3) is 0.833. The maximum absolute atomic E-state index is 3.60. The lowest BCUT2D eigenvalue weighted by Gasteiger charge is -2.19. The van der Waals surface area contributed by atoms with E-state index in [-0.39, 0.29) is 0 Å². The molecule has 2 rings (SSSR count). The summed E-state index contributed by atoms with van der Waals surface area (Å²) in [5.41, 5.74) is 0. The van der Waals surface area contributed by atoms with Crippen molar-refractivity contribution in [3.63, 3.8) is 0 Å². The Labute approximate surface area is 87.2 Å². The third kappa shape index (κ3) is 3.10. The second-order valence-electron chi connectivity index (χ2n) is 4.60. The van der Waals surface area contributed by atoms with E-state index in [0.29, 0.717) is 0 Å². The number of hydrogen-bond donors (Lipinski definition) is 2. The second-order valence-corrected chi connectivity index (χ2v) is 4.60. The number of nitrogens with one attached hydrogen (secondary N) is 2. The monoisotopic (exact) mass is 194 g/mol. The number of rotatable bonds is 4. The van der Waals surface area contributed by atoms with E-state index in [4.69, 9.17) is 0 Å². The fourth-order valence-corrected chi connectivity index (χ4v) is 2.43. The van der Waals surface area contributed by atoms with Crippen molar-refractivity contribution < 1.29 is 0 Å². The lowest BCUT2D eigenvalue weighted by atomic mass is 9.94. The van der Waals surface area contributed by atoms with Gasteiger partial charge in [0, 0.05) is 12.6 Å². The van der Waals surface area contributed by atoms with Crippen molar-refractivity contribution in [3.8, 4) is 0 Å². The third-order valence-electron chi connectivity index (χ3n) is 3.36. The predicted molar refractivity (Wildman–Crippen MR) is 60.4 cm³/mol. The van der Waals surface area contributed by atoms with Gasteiger partial charge in [-0.1, -0.05) is 12.2 Å². The molecule has 0 aromatic rings. The average Bonchev–Trinajstić information content (AvgIpc) is 2.72. The van der Waals surface area contributed by atoms with Gasteiger partial charge in [-0.3, -0.25) is 0 Å². The van der Waals surface area contributed by atoms with Gasteiger partial charge >= 0.3 is 0 Å². The van der Waals surface area contributed by atoms with Crippen molar-refractivity contribution in [3.05, 3.63) is 12.2 Å². The maximum atomic E-state index is 3.60. The standard InChI is InChI=1S/C12H22N2/c1-2-5-11(6-3-1)9-13-10-12-7-4-8-14-12/h1-2,11-14H,3-10H2. The molecule has 1 aliphatic heterocycles. The molecule has 1 fully saturated rings. The van der Waals surface area contributed by atoms with Gasteiger partial charge in [-0.05, 0) is 51.1 Å². The van der Waals surface area contributed by atoms with E-state index in [1.165, 1.54) is 51.7 Å². The molecule has 1 saturated heterocycles. The van der Waals surface area contributed by atoms with Crippen LogP contribution in [0.15, 0.2) is 12.2 Å². The molecule has 0 saturated carbocycles. The smallest absolute Gasteiger partial charge is 0.0192 e. The zero-order chi connectivity index (χ0) is 9.64. The van der Waals surface area contributed by atoms with Gasteiger partial charge in [-0.2, -0.15) is 0 Å². The lowest BCUT2D eigenvalue weighted by molar-refractivity contribution is 0.423. The Balaban J connectivity index is 1.55. The Hall–Kier alpha value is -0.340. The Morgan fingerprint density at radius 2 is 2.21 bits per heavy atom. The minimum Gasteiger partial charge on any atom is -0.315 e. The van der Waals surface area contributed by atoms with Crippen LogP contribution in [0.2, 0.25) is 0 Å². The Morgan fingerprint density at radius 1 is 1.21 bits per heavy atom. The molecule has 0 bridgehead atoms. The molecule has 0 aromatic carbocycles. The van der Waals surface area contributed by atoms with Crippen molar-refractivity contribution in [2.75, 3.05) is 19.6 Å². The Kier molecular flexibility index (Phi) is 4.02. The molecule has 80 valence electrons. The van der Waals surface area contributed by atoms with Crippen molar-refractivity contribution in [2.24, 2.45) is 5.92 Å². The molecule has 2 N–H and O–H groups in total. The highest BCUT2D eigenvalue weighted by Crippen LogP contribution is 2.16. The summed E-state index contributed by atoms with van der Waals surface area (Å²) in [5, 5.41) is 7.12. The first-order chi connectivity index (χ1) is 6.95. The molecule has 0 radical (unpaired) electrons. The molecule has 0 spiro atoms. The first-order valence-electron chi connectivity index (χ1n) is 6.04. The number of hydrogen-bond acceptors (Lipinski definition) is 2. The van der Waals surface area contributed by atoms with Gasteiger partial charge in [0.05, 0.1) is 0 Å². The van der Waals surface area contributed by atoms with Crippen LogP contribution in [0.4, 0.5) is 0 Å². The van der Waals surface area contributed by atoms with Crippen LogP contribution >= 0.6 is 0 Å². The Morgan fingerprint density at radius 3 is 2.93 bits per heavy atom. The van der Waals surface area contributed by atoms with Gasteiger partial charge in [0.25, 0.3) is 0 Å². The van der Waals surface area contributed by atoms with E-state index in [0.717, 1.165) is 12.0 Å². The largest absolute Gasteiger partial charge is 0.315 e. The van der Waals surface area contributed by atoms with Gasteiger partial charge in [-0.15, -0.1) is 0 Å². The number of allylic oxidation sites excluding steroid dienone is 2. The molecule has 2 aliphatic rings. The molecule has 1 heterocycles. The molecular weight excluding hydrogens is 172 g/mol. The van der Waals surface area contributed by atoms with Gasteiger partial charge in [0.2, 0.25) is 0 Å². The minimum atomic E-state index is 0.745. The lowest BCUT2D eigenvalue weighted by Crippen LogP contribution is -2.36. The quantitative estimate of drug-likeness (QED) is 0.665. The summed E-state index contributed by atoms with van der Waals surface area (Å²) in [5.74, 6) is 0.890. The summed E-state index contributed by atoms with van der Waals surface area (Å²) >= 11 is 0. The fourth-order valence-electron chi connectivity index (χ4n) is 2.43. The van der Waals surface area contributed by atoms with Gasteiger partial charge in [0.1, 0.15) is 0 Å². The van der Waals surface area contributed by atoms with Crippen molar-refractivity contribution in [1.29, 1.82) is 0 Å². The van der Waals surface area contributed by atoms with Crippen LogP contribution in [0, 0.1) is 5.92 Å². The van der Waals surface area contributed by atoms with E-state index in [2.05, 4.69) is 22.8 Å². The van der Waals surface area contributed by atoms with Crippen LogP contribution in [-0.4, -0.2) is 25.7 Å². The van der Waals surface area contributed by atoms with E-state index in [9.17, 15) is 0 Å².